The Balaban J connectivity index is 1.80. The highest BCUT2D eigenvalue weighted by Crippen LogP contribution is 2.30. The van der Waals surface area contributed by atoms with Crippen LogP contribution in [0, 0.1) is 0 Å². The molecule has 96 valence electrons. The second-order valence-corrected chi connectivity index (χ2v) is 5.56. The quantitative estimate of drug-likeness (QED) is 0.741. The summed E-state index contributed by atoms with van der Waals surface area (Å²) in [6.45, 7) is 0. The molecule has 0 spiro atoms. The maximum Gasteiger partial charge on any atom is 0.137 e. The van der Waals surface area contributed by atoms with Crippen LogP contribution in [-0.2, 0) is 5.75 Å². The Kier molecular flexibility index (Phi) is 3.36. The van der Waals surface area contributed by atoms with E-state index in [4.69, 9.17) is 11.6 Å². The molecule has 5 heteroatoms. The van der Waals surface area contributed by atoms with Crippen LogP contribution in [0.2, 0.25) is 5.02 Å². The summed E-state index contributed by atoms with van der Waals surface area (Å²) in [5.74, 6) is 1.01. The predicted molar refractivity (Wildman–Crippen MR) is 77.9 cm³/mol. The van der Waals surface area contributed by atoms with Gasteiger partial charge in [-0.1, -0.05) is 23.7 Å². The monoisotopic (exact) mass is 290 g/mol. The molecular weight excluding hydrogens is 280 g/mol. The van der Waals surface area contributed by atoms with E-state index in [1.54, 1.807) is 17.8 Å². The number of aromatic hydroxyl groups is 1. The van der Waals surface area contributed by atoms with Gasteiger partial charge in [0.05, 0.1) is 10.7 Å². The van der Waals surface area contributed by atoms with E-state index in [2.05, 4.69) is 4.98 Å². The Morgan fingerprint density at radius 3 is 2.84 bits per heavy atom. The maximum absolute atomic E-state index is 9.70. The number of para-hydroxylation sites is 1. The summed E-state index contributed by atoms with van der Waals surface area (Å²) in [6.07, 6.45) is 3.78. The minimum atomic E-state index is 0.305. The van der Waals surface area contributed by atoms with Crippen molar-refractivity contribution < 1.29 is 5.11 Å². The summed E-state index contributed by atoms with van der Waals surface area (Å²) in [5, 5.41) is 10.4. The molecule has 0 saturated heterocycles. The molecule has 2 aromatic heterocycles. The molecule has 0 atom stereocenters. The molecule has 0 aliphatic rings. The van der Waals surface area contributed by atoms with Crippen LogP contribution in [0.4, 0.5) is 0 Å². The van der Waals surface area contributed by atoms with Crippen molar-refractivity contribution in [2.75, 3.05) is 0 Å². The van der Waals surface area contributed by atoms with E-state index in [1.165, 1.54) is 0 Å². The van der Waals surface area contributed by atoms with Crippen LogP contribution in [0.25, 0.3) is 5.65 Å². The van der Waals surface area contributed by atoms with Crippen molar-refractivity contribution in [3.63, 3.8) is 0 Å². The Hall–Kier alpha value is -1.65. The van der Waals surface area contributed by atoms with E-state index in [9.17, 15) is 5.11 Å². The van der Waals surface area contributed by atoms with Crippen LogP contribution in [0.3, 0.4) is 0 Å². The molecule has 19 heavy (non-hydrogen) atoms. The van der Waals surface area contributed by atoms with Gasteiger partial charge in [0.25, 0.3) is 0 Å². The van der Waals surface area contributed by atoms with Crippen LogP contribution in [-0.4, -0.2) is 14.5 Å². The molecule has 0 amide bonds. The maximum atomic E-state index is 9.70. The first-order valence-electron chi connectivity index (χ1n) is 5.76. The van der Waals surface area contributed by atoms with Crippen LogP contribution >= 0.6 is 23.4 Å². The fourth-order valence-electron chi connectivity index (χ4n) is 1.82. The van der Waals surface area contributed by atoms with E-state index in [1.807, 2.05) is 47.1 Å². The fraction of sp³-hybridized carbons (Fsp3) is 0.0714. The number of hydrogen-bond donors (Lipinski definition) is 1. The zero-order valence-electron chi connectivity index (χ0n) is 9.95. The normalized spacial score (nSPS) is 11.0. The van der Waals surface area contributed by atoms with E-state index in [0.717, 1.165) is 16.2 Å². The molecular formula is C14H11ClN2OS. The summed E-state index contributed by atoms with van der Waals surface area (Å²) < 4.78 is 1.91. The lowest BCUT2D eigenvalue weighted by molar-refractivity contribution is 0.462. The predicted octanol–water partition coefficient (Wildman–Crippen LogP) is 3.99. The van der Waals surface area contributed by atoms with Crippen molar-refractivity contribution in [1.82, 2.24) is 9.38 Å². The fourth-order valence-corrected chi connectivity index (χ4v) is 2.82. The second kappa shape index (κ2) is 5.15. The third kappa shape index (κ3) is 2.69. The van der Waals surface area contributed by atoms with Crippen LogP contribution < -0.4 is 0 Å². The molecule has 2 heterocycles. The lowest BCUT2D eigenvalue weighted by atomic mass is 10.3. The number of fused-ring (bicyclic) bond motifs is 1. The number of nitrogens with zero attached hydrogens (tertiary/aromatic N) is 2. The third-order valence-corrected chi connectivity index (χ3v) is 4.03. The van der Waals surface area contributed by atoms with Gasteiger partial charge in [0.1, 0.15) is 11.4 Å². The van der Waals surface area contributed by atoms with Gasteiger partial charge in [-0.2, -0.15) is 0 Å². The van der Waals surface area contributed by atoms with Gasteiger partial charge in [0, 0.05) is 23.0 Å². The first-order valence-corrected chi connectivity index (χ1v) is 7.13. The average molecular weight is 291 g/mol. The molecule has 3 nitrogen and oxygen atoms in total. The number of hydrogen-bond acceptors (Lipinski definition) is 3. The Morgan fingerprint density at radius 1 is 1.16 bits per heavy atom. The smallest absolute Gasteiger partial charge is 0.137 e. The highest BCUT2D eigenvalue weighted by Gasteiger charge is 2.05. The number of pyridine rings is 1. The summed E-state index contributed by atoms with van der Waals surface area (Å²) in [7, 11) is 0. The van der Waals surface area contributed by atoms with Gasteiger partial charge >= 0.3 is 0 Å². The SMILES string of the molecule is Oc1ccccc1SCc1cn2cc(Cl)ccc2n1. The number of phenols is 1. The molecule has 3 rings (SSSR count). The topological polar surface area (TPSA) is 37.5 Å². The number of rotatable bonds is 3. The van der Waals surface area contributed by atoms with E-state index in [0.29, 0.717) is 16.5 Å². The molecule has 0 fully saturated rings. The lowest BCUT2D eigenvalue weighted by Gasteiger charge is -2.01. The van der Waals surface area contributed by atoms with Crippen molar-refractivity contribution in [3.05, 3.63) is 59.5 Å². The van der Waals surface area contributed by atoms with Gasteiger partial charge in [-0.15, -0.1) is 11.8 Å². The number of imidazole rings is 1. The highest BCUT2D eigenvalue weighted by atomic mass is 35.5. The first kappa shape index (κ1) is 12.4. The van der Waals surface area contributed by atoms with E-state index < -0.39 is 0 Å². The molecule has 0 unspecified atom stereocenters. The van der Waals surface area contributed by atoms with Gasteiger partial charge in [-0.05, 0) is 24.3 Å². The zero-order chi connectivity index (χ0) is 13.2. The Labute approximate surface area is 119 Å². The lowest BCUT2D eigenvalue weighted by Crippen LogP contribution is -1.80. The summed E-state index contributed by atoms with van der Waals surface area (Å²) in [4.78, 5) is 5.36. The molecule has 0 saturated carbocycles. The van der Waals surface area contributed by atoms with Gasteiger partial charge in [0.15, 0.2) is 0 Å². The van der Waals surface area contributed by atoms with Crippen LogP contribution in [0.15, 0.2) is 53.7 Å². The Morgan fingerprint density at radius 2 is 2.00 bits per heavy atom. The molecule has 3 aromatic rings. The number of thioether (sulfide) groups is 1. The number of halogens is 1. The van der Waals surface area contributed by atoms with Crippen molar-refractivity contribution in [2.45, 2.75) is 10.6 Å². The highest BCUT2D eigenvalue weighted by molar-refractivity contribution is 7.98. The standard InChI is InChI=1S/C14H11ClN2OS/c15-10-5-6-14-16-11(8-17(14)7-10)9-19-13-4-2-1-3-12(13)18/h1-8,18H,9H2. The average Bonchev–Trinajstić information content (AvgIpc) is 2.79. The van der Waals surface area contributed by atoms with Crippen LogP contribution in [0.1, 0.15) is 5.69 Å². The molecule has 0 bridgehead atoms. The number of phenolic OH excluding ortho intramolecular Hbond substituents is 1. The van der Waals surface area contributed by atoms with Gasteiger partial charge in [-0.25, -0.2) is 4.98 Å². The van der Waals surface area contributed by atoms with Gasteiger partial charge < -0.3 is 9.51 Å². The minimum Gasteiger partial charge on any atom is -0.507 e. The van der Waals surface area contributed by atoms with Crippen molar-refractivity contribution in [2.24, 2.45) is 0 Å². The largest absolute Gasteiger partial charge is 0.507 e. The van der Waals surface area contributed by atoms with E-state index >= 15 is 0 Å². The van der Waals surface area contributed by atoms with Gasteiger partial charge in [-0.3, -0.25) is 0 Å². The molecule has 0 radical (unpaired) electrons. The molecule has 0 aliphatic carbocycles. The minimum absolute atomic E-state index is 0.305. The summed E-state index contributed by atoms with van der Waals surface area (Å²) >= 11 is 7.50. The van der Waals surface area contributed by atoms with Crippen molar-refractivity contribution in [3.8, 4) is 5.75 Å². The molecule has 1 aromatic carbocycles. The molecule has 1 N–H and O–H groups in total. The van der Waals surface area contributed by atoms with Gasteiger partial charge in [0.2, 0.25) is 0 Å². The first-order chi connectivity index (χ1) is 9.22. The third-order valence-electron chi connectivity index (χ3n) is 2.71. The Bertz CT molecular complexity index is 726. The zero-order valence-corrected chi connectivity index (χ0v) is 11.5. The van der Waals surface area contributed by atoms with E-state index in [-0.39, 0.29) is 0 Å². The van der Waals surface area contributed by atoms with Crippen LogP contribution in [0.5, 0.6) is 5.75 Å². The second-order valence-electron chi connectivity index (χ2n) is 4.10. The number of aromatic nitrogens is 2. The van der Waals surface area contributed by atoms with Crippen molar-refractivity contribution in [1.29, 1.82) is 0 Å². The summed E-state index contributed by atoms with van der Waals surface area (Å²) in [6, 6.07) is 11.0. The number of benzene rings is 1. The summed E-state index contributed by atoms with van der Waals surface area (Å²) in [5.41, 5.74) is 1.83. The van der Waals surface area contributed by atoms with Crippen molar-refractivity contribution >= 4 is 29.0 Å². The molecule has 0 aliphatic heterocycles.